The maximum absolute atomic E-state index is 12.5. The topological polar surface area (TPSA) is 82.4 Å². The van der Waals surface area contributed by atoms with Crippen LogP contribution in [0.4, 0.5) is 4.79 Å². The van der Waals surface area contributed by atoms with Gasteiger partial charge in [0.25, 0.3) is 5.91 Å². The molecule has 1 aliphatic heterocycles. The summed E-state index contributed by atoms with van der Waals surface area (Å²) >= 11 is 0. The lowest BCUT2D eigenvalue weighted by Gasteiger charge is -2.20. The van der Waals surface area contributed by atoms with E-state index in [1.54, 1.807) is 25.1 Å². The van der Waals surface area contributed by atoms with Gasteiger partial charge >= 0.3 is 6.03 Å². The van der Waals surface area contributed by atoms with Crippen LogP contribution in [-0.2, 0) is 11.3 Å². The number of carbonyl (C=O) groups is 2. The zero-order valence-corrected chi connectivity index (χ0v) is 13.0. The molecule has 1 N–H and O–H groups in total. The van der Waals surface area contributed by atoms with Gasteiger partial charge in [0, 0.05) is 0 Å². The van der Waals surface area contributed by atoms with Crippen LogP contribution < -0.4 is 10.1 Å². The molecule has 0 unspecified atom stereocenters. The monoisotopic (exact) mass is 301 g/mol. The van der Waals surface area contributed by atoms with Crippen LogP contribution in [0.3, 0.4) is 0 Å². The van der Waals surface area contributed by atoms with Gasteiger partial charge in [-0.1, -0.05) is 19.4 Å². The lowest BCUT2D eigenvalue weighted by atomic mass is 9.96. The van der Waals surface area contributed by atoms with Gasteiger partial charge in [-0.15, -0.1) is 0 Å². The molecule has 1 aromatic rings. The Morgan fingerprint density at radius 3 is 2.73 bits per heavy atom. The lowest BCUT2D eigenvalue weighted by molar-refractivity contribution is -0.131. The molecule has 1 aliphatic rings. The predicted octanol–water partition coefficient (Wildman–Crippen LogP) is 2.18. The molecule has 116 valence electrons. The molecule has 2 rings (SSSR count). The van der Waals surface area contributed by atoms with Crippen molar-refractivity contribution in [1.82, 2.24) is 10.2 Å². The molecule has 0 aliphatic carbocycles. The second kappa shape index (κ2) is 6.06. The third kappa shape index (κ3) is 2.75. The Kier molecular flexibility index (Phi) is 4.36. The van der Waals surface area contributed by atoms with E-state index in [9.17, 15) is 9.59 Å². The molecule has 0 bridgehead atoms. The molecule has 0 aromatic heterocycles. The van der Waals surface area contributed by atoms with Crippen molar-refractivity contribution in [3.05, 3.63) is 29.3 Å². The second-order valence-electron chi connectivity index (χ2n) is 5.55. The standard InChI is InChI=1S/C16H19N3O3/c1-4-7-16(2)14(20)19(15(21)18-16)10-11-5-6-13(22-3)12(8-11)9-17/h5-6,8H,4,7,10H2,1-3H3,(H,18,21)/t16-/m0/s1. The predicted molar refractivity (Wildman–Crippen MR) is 80.1 cm³/mol. The summed E-state index contributed by atoms with van der Waals surface area (Å²) in [6.07, 6.45) is 1.40. The van der Waals surface area contributed by atoms with E-state index in [1.165, 1.54) is 12.0 Å². The number of benzene rings is 1. The summed E-state index contributed by atoms with van der Waals surface area (Å²) in [5.74, 6) is 0.243. The van der Waals surface area contributed by atoms with Crippen molar-refractivity contribution in [2.45, 2.75) is 38.8 Å². The number of urea groups is 1. The first-order valence-corrected chi connectivity index (χ1v) is 7.16. The number of methoxy groups -OCH3 is 1. The molecule has 1 atom stereocenters. The van der Waals surface area contributed by atoms with Crippen molar-refractivity contribution in [2.24, 2.45) is 0 Å². The van der Waals surface area contributed by atoms with Crippen LogP contribution in [0.15, 0.2) is 18.2 Å². The van der Waals surface area contributed by atoms with Gasteiger partial charge in [-0.3, -0.25) is 9.69 Å². The van der Waals surface area contributed by atoms with Gasteiger partial charge in [0.05, 0.1) is 19.2 Å². The number of imide groups is 1. The number of nitrogens with one attached hydrogen (secondary N) is 1. The van der Waals surface area contributed by atoms with Crippen molar-refractivity contribution < 1.29 is 14.3 Å². The summed E-state index contributed by atoms with van der Waals surface area (Å²) in [4.78, 5) is 25.7. The number of ether oxygens (including phenoxy) is 1. The van der Waals surface area contributed by atoms with Gasteiger partial charge in [0.15, 0.2) is 0 Å². The maximum atomic E-state index is 12.5. The van der Waals surface area contributed by atoms with Crippen molar-refractivity contribution in [2.75, 3.05) is 7.11 Å². The average Bonchev–Trinajstić information content (AvgIpc) is 2.71. The number of nitriles is 1. The molecule has 3 amide bonds. The fourth-order valence-electron chi connectivity index (χ4n) is 2.68. The molecule has 0 saturated carbocycles. The minimum atomic E-state index is -0.837. The largest absolute Gasteiger partial charge is 0.495 e. The van der Waals surface area contributed by atoms with Crippen LogP contribution in [0.5, 0.6) is 5.75 Å². The van der Waals surface area contributed by atoms with E-state index in [1.807, 2.05) is 13.0 Å². The summed E-state index contributed by atoms with van der Waals surface area (Å²) in [5, 5.41) is 11.9. The SMILES string of the molecule is CCC[C@]1(C)NC(=O)N(Cc2ccc(OC)c(C#N)c2)C1=O. The molecule has 1 aromatic carbocycles. The molecular formula is C16H19N3O3. The molecule has 6 heteroatoms. The minimum absolute atomic E-state index is 0.142. The Labute approximate surface area is 129 Å². The molecule has 1 heterocycles. The van der Waals surface area contributed by atoms with E-state index in [4.69, 9.17) is 10.00 Å². The first-order valence-electron chi connectivity index (χ1n) is 7.16. The van der Waals surface area contributed by atoms with Crippen LogP contribution in [0.2, 0.25) is 0 Å². The number of nitrogens with zero attached hydrogens (tertiary/aromatic N) is 2. The van der Waals surface area contributed by atoms with Crippen molar-refractivity contribution in [3.63, 3.8) is 0 Å². The highest BCUT2D eigenvalue weighted by Gasteiger charge is 2.46. The van der Waals surface area contributed by atoms with Crippen LogP contribution in [-0.4, -0.2) is 29.5 Å². The number of hydrogen-bond acceptors (Lipinski definition) is 4. The number of amides is 3. The van der Waals surface area contributed by atoms with Crippen molar-refractivity contribution >= 4 is 11.9 Å². The van der Waals surface area contributed by atoms with Gasteiger partial charge in [0.2, 0.25) is 0 Å². The van der Waals surface area contributed by atoms with E-state index < -0.39 is 11.6 Å². The van der Waals surface area contributed by atoms with E-state index in [-0.39, 0.29) is 12.5 Å². The van der Waals surface area contributed by atoms with E-state index in [0.29, 0.717) is 23.3 Å². The Balaban J connectivity index is 2.23. The van der Waals surface area contributed by atoms with Gasteiger partial charge in [-0.05, 0) is 31.0 Å². The molecule has 0 radical (unpaired) electrons. The number of rotatable bonds is 5. The Morgan fingerprint density at radius 2 is 2.14 bits per heavy atom. The first-order chi connectivity index (χ1) is 10.4. The summed E-state index contributed by atoms with van der Waals surface area (Å²) in [5.41, 5.74) is 0.251. The Hall–Kier alpha value is -2.55. The molecule has 22 heavy (non-hydrogen) atoms. The normalized spacial score (nSPS) is 20.7. The second-order valence-corrected chi connectivity index (χ2v) is 5.55. The Bertz CT molecular complexity index is 651. The third-order valence-corrected chi connectivity index (χ3v) is 3.82. The van der Waals surface area contributed by atoms with Gasteiger partial charge in [-0.25, -0.2) is 4.79 Å². The zero-order chi connectivity index (χ0) is 16.3. The van der Waals surface area contributed by atoms with Crippen LogP contribution in [0.1, 0.15) is 37.8 Å². The van der Waals surface area contributed by atoms with Crippen LogP contribution in [0, 0.1) is 11.3 Å². The Morgan fingerprint density at radius 1 is 1.41 bits per heavy atom. The van der Waals surface area contributed by atoms with Gasteiger partial charge in [0.1, 0.15) is 17.4 Å². The minimum Gasteiger partial charge on any atom is -0.495 e. The fraction of sp³-hybridized carbons (Fsp3) is 0.438. The highest BCUT2D eigenvalue weighted by Crippen LogP contribution is 2.25. The van der Waals surface area contributed by atoms with Crippen molar-refractivity contribution in [3.8, 4) is 11.8 Å². The molecular weight excluding hydrogens is 282 g/mol. The molecule has 0 spiro atoms. The van der Waals surface area contributed by atoms with Crippen LogP contribution >= 0.6 is 0 Å². The number of hydrogen-bond donors (Lipinski definition) is 1. The van der Waals surface area contributed by atoms with Crippen molar-refractivity contribution in [1.29, 1.82) is 5.26 Å². The highest BCUT2D eigenvalue weighted by atomic mass is 16.5. The molecule has 1 saturated heterocycles. The fourth-order valence-corrected chi connectivity index (χ4v) is 2.68. The van der Waals surface area contributed by atoms with Gasteiger partial charge in [-0.2, -0.15) is 5.26 Å². The summed E-state index contributed by atoms with van der Waals surface area (Å²) in [6.45, 7) is 3.85. The van der Waals surface area contributed by atoms with Gasteiger partial charge < -0.3 is 10.1 Å². The number of carbonyl (C=O) groups excluding carboxylic acids is 2. The summed E-state index contributed by atoms with van der Waals surface area (Å²) in [6, 6.07) is 6.69. The average molecular weight is 301 g/mol. The highest BCUT2D eigenvalue weighted by molar-refractivity contribution is 6.06. The molecule has 1 fully saturated rings. The maximum Gasteiger partial charge on any atom is 0.325 e. The first kappa shape index (κ1) is 15.8. The third-order valence-electron chi connectivity index (χ3n) is 3.82. The zero-order valence-electron chi connectivity index (χ0n) is 13.0. The summed E-state index contributed by atoms with van der Waals surface area (Å²) < 4.78 is 5.09. The van der Waals surface area contributed by atoms with Crippen LogP contribution in [0.25, 0.3) is 0 Å². The molecule has 6 nitrogen and oxygen atoms in total. The summed E-state index contributed by atoms with van der Waals surface area (Å²) in [7, 11) is 1.49. The lowest BCUT2D eigenvalue weighted by Crippen LogP contribution is -2.43. The quantitative estimate of drug-likeness (QED) is 0.845. The van der Waals surface area contributed by atoms with E-state index in [0.717, 1.165) is 6.42 Å². The smallest absolute Gasteiger partial charge is 0.325 e. The van der Waals surface area contributed by atoms with E-state index in [2.05, 4.69) is 5.32 Å². The van der Waals surface area contributed by atoms with E-state index >= 15 is 0 Å².